The first-order valence-corrected chi connectivity index (χ1v) is 4.93. The third-order valence-corrected chi connectivity index (χ3v) is 2.36. The number of aryl methyl sites for hydroxylation is 1. The van der Waals surface area contributed by atoms with Crippen LogP contribution in [0.4, 0.5) is 0 Å². The van der Waals surface area contributed by atoms with Gasteiger partial charge in [-0.3, -0.25) is 0 Å². The maximum atomic E-state index is 5.94. The third kappa shape index (κ3) is 2.90. The Morgan fingerprint density at radius 3 is 2.57 bits per heavy atom. The molecule has 0 heterocycles. The summed E-state index contributed by atoms with van der Waals surface area (Å²) in [6.07, 6.45) is 0.867. The van der Waals surface area contributed by atoms with Crippen molar-refractivity contribution < 1.29 is 0 Å². The molecule has 0 aromatic heterocycles. The van der Waals surface area contributed by atoms with Crippen LogP contribution in [0.25, 0.3) is 0 Å². The lowest BCUT2D eigenvalue weighted by Gasteiger charge is -2.13. The molecule has 1 heteroatoms. The van der Waals surface area contributed by atoms with Gasteiger partial charge in [-0.1, -0.05) is 37.0 Å². The maximum Gasteiger partial charge on any atom is 0.0748 e. The van der Waals surface area contributed by atoms with E-state index in [2.05, 4.69) is 24.8 Å². The van der Waals surface area contributed by atoms with E-state index in [9.17, 15) is 0 Å². The van der Waals surface area contributed by atoms with E-state index in [1.54, 1.807) is 0 Å². The highest BCUT2D eigenvalue weighted by Gasteiger charge is 2.10. The predicted molar refractivity (Wildman–Crippen MR) is 60.9 cm³/mol. The van der Waals surface area contributed by atoms with Gasteiger partial charge in [0.2, 0.25) is 0 Å². The zero-order chi connectivity index (χ0) is 10.6. The first-order chi connectivity index (χ1) is 6.55. The molecule has 1 atom stereocenters. The number of rotatable bonds is 1. The van der Waals surface area contributed by atoms with Crippen LogP contribution in [0.2, 0.25) is 0 Å². The molecule has 0 spiro atoms. The summed E-state index contributed by atoms with van der Waals surface area (Å²) in [4.78, 5) is 0. The van der Waals surface area contributed by atoms with Gasteiger partial charge in [-0.2, -0.15) is 0 Å². The fraction of sp³-hybridized carbons (Fsp3) is 0.385. The van der Waals surface area contributed by atoms with E-state index < -0.39 is 0 Å². The van der Waals surface area contributed by atoms with Crippen molar-refractivity contribution in [2.75, 3.05) is 0 Å². The van der Waals surface area contributed by atoms with Crippen molar-refractivity contribution in [3.63, 3.8) is 0 Å². The van der Waals surface area contributed by atoms with Crippen molar-refractivity contribution in [1.82, 2.24) is 0 Å². The highest BCUT2D eigenvalue weighted by molar-refractivity contribution is 5.41. The summed E-state index contributed by atoms with van der Waals surface area (Å²) in [5.74, 6) is 6.22. The molecular formula is C13H17N. The molecule has 0 radical (unpaired) electrons. The molecule has 1 rings (SSSR count). The van der Waals surface area contributed by atoms with Crippen LogP contribution in [0, 0.1) is 18.8 Å². The quantitative estimate of drug-likeness (QED) is 0.671. The van der Waals surface area contributed by atoms with Crippen molar-refractivity contribution >= 4 is 0 Å². The summed E-state index contributed by atoms with van der Waals surface area (Å²) >= 11 is 0. The lowest BCUT2D eigenvalue weighted by Crippen LogP contribution is -2.33. The molecule has 1 nitrogen and oxygen atoms in total. The Labute approximate surface area is 86.3 Å². The Hall–Kier alpha value is -1.26. The van der Waals surface area contributed by atoms with Gasteiger partial charge in [0.1, 0.15) is 0 Å². The molecule has 0 aliphatic rings. The van der Waals surface area contributed by atoms with Crippen LogP contribution in [0.1, 0.15) is 31.4 Å². The standard InChI is InChI=1S/C13H17N/c1-4-13(3,14)10-9-12-8-6-5-7-11(12)2/h5-8H,4,14H2,1-3H3. The number of hydrogen-bond acceptors (Lipinski definition) is 1. The van der Waals surface area contributed by atoms with Crippen molar-refractivity contribution in [3.8, 4) is 11.8 Å². The molecule has 0 saturated heterocycles. The average molecular weight is 187 g/mol. The molecule has 0 aliphatic carbocycles. The molecule has 2 N–H and O–H groups in total. The van der Waals surface area contributed by atoms with Crippen molar-refractivity contribution in [2.45, 2.75) is 32.7 Å². The van der Waals surface area contributed by atoms with Gasteiger partial charge >= 0.3 is 0 Å². The van der Waals surface area contributed by atoms with Crippen LogP contribution >= 0.6 is 0 Å². The second-order valence-corrected chi connectivity index (χ2v) is 3.84. The van der Waals surface area contributed by atoms with Gasteiger partial charge in [0.05, 0.1) is 5.54 Å². The van der Waals surface area contributed by atoms with E-state index in [-0.39, 0.29) is 5.54 Å². The van der Waals surface area contributed by atoms with Gasteiger partial charge in [-0.25, -0.2) is 0 Å². The second-order valence-electron chi connectivity index (χ2n) is 3.84. The van der Waals surface area contributed by atoms with Crippen LogP contribution in [-0.4, -0.2) is 5.54 Å². The Bertz CT molecular complexity index is 366. The monoisotopic (exact) mass is 187 g/mol. The molecule has 1 aromatic rings. The first kappa shape index (κ1) is 10.8. The largest absolute Gasteiger partial charge is 0.315 e. The molecule has 74 valence electrons. The Morgan fingerprint density at radius 1 is 1.36 bits per heavy atom. The first-order valence-electron chi connectivity index (χ1n) is 4.93. The maximum absolute atomic E-state index is 5.94. The van der Waals surface area contributed by atoms with Crippen molar-refractivity contribution in [3.05, 3.63) is 35.4 Å². The van der Waals surface area contributed by atoms with E-state index in [4.69, 9.17) is 5.73 Å². The van der Waals surface area contributed by atoms with Crippen LogP contribution in [0.15, 0.2) is 24.3 Å². The Kier molecular flexibility index (Phi) is 3.33. The zero-order valence-electron chi connectivity index (χ0n) is 9.09. The molecule has 0 fully saturated rings. The highest BCUT2D eigenvalue weighted by Crippen LogP contribution is 2.07. The topological polar surface area (TPSA) is 26.0 Å². The van der Waals surface area contributed by atoms with Crippen LogP contribution in [-0.2, 0) is 0 Å². The van der Waals surface area contributed by atoms with Gasteiger partial charge in [0.15, 0.2) is 0 Å². The van der Waals surface area contributed by atoms with Gasteiger partial charge in [-0.05, 0) is 31.9 Å². The fourth-order valence-corrected chi connectivity index (χ4v) is 1.01. The van der Waals surface area contributed by atoms with E-state index in [1.807, 2.05) is 32.0 Å². The third-order valence-electron chi connectivity index (χ3n) is 2.36. The van der Waals surface area contributed by atoms with Crippen LogP contribution < -0.4 is 5.73 Å². The van der Waals surface area contributed by atoms with Crippen molar-refractivity contribution in [2.24, 2.45) is 5.73 Å². The second kappa shape index (κ2) is 4.30. The molecule has 1 unspecified atom stereocenters. The summed E-state index contributed by atoms with van der Waals surface area (Å²) < 4.78 is 0. The van der Waals surface area contributed by atoms with E-state index in [0.29, 0.717) is 0 Å². The SMILES string of the molecule is CCC(C)(N)C#Cc1ccccc1C. The summed E-state index contributed by atoms with van der Waals surface area (Å²) in [7, 11) is 0. The minimum atomic E-state index is -0.373. The summed E-state index contributed by atoms with van der Waals surface area (Å²) in [6.45, 7) is 6.06. The van der Waals surface area contributed by atoms with Gasteiger partial charge < -0.3 is 5.73 Å². The van der Waals surface area contributed by atoms with Gasteiger partial charge in [0, 0.05) is 5.56 Å². The Balaban J connectivity index is 2.94. The van der Waals surface area contributed by atoms with E-state index >= 15 is 0 Å². The van der Waals surface area contributed by atoms with E-state index in [1.165, 1.54) is 5.56 Å². The summed E-state index contributed by atoms with van der Waals surface area (Å²) in [5.41, 5.74) is 7.84. The Morgan fingerprint density at radius 2 is 2.00 bits per heavy atom. The molecule has 0 amide bonds. The number of benzene rings is 1. The minimum absolute atomic E-state index is 0.373. The smallest absolute Gasteiger partial charge is 0.0748 e. The van der Waals surface area contributed by atoms with Crippen molar-refractivity contribution in [1.29, 1.82) is 0 Å². The van der Waals surface area contributed by atoms with Gasteiger partial charge in [-0.15, -0.1) is 0 Å². The average Bonchev–Trinajstić information content (AvgIpc) is 2.17. The highest BCUT2D eigenvalue weighted by atomic mass is 14.7. The lowest BCUT2D eigenvalue weighted by molar-refractivity contribution is 0.586. The molecule has 1 aromatic carbocycles. The molecule has 0 aliphatic heterocycles. The van der Waals surface area contributed by atoms with Crippen LogP contribution in [0.5, 0.6) is 0 Å². The zero-order valence-corrected chi connectivity index (χ0v) is 9.09. The fourth-order valence-electron chi connectivity index (χ4n) is 1.01. The number of hydrogen-bond donors (Lipinski definition) is 1. The molecule has 14 heavy (non-hydrogen) atoms. The minimum Gasteiger partial charge on any atom is -0.315 e. The summed E-state index contributed by atoms with van der Waals surface area (Å²) in [6, 6.07) is 8.09. The lowest BCUT2D eigenvalue weighted by atomic mass is 10.0. The predicted octanol–water partition coefficient (Wildman–Crippen LogP) is 2.47. The summed E-state index contributed by atoms with van der Waals surface area (Å²) in [5, 5.41) is 0. The molecular weight excluding hydrogens is 170 g/mol. The normalized spacial score (nSPS) is 14.0. The molecule has 0 bridgehead atoms. The van der Waals surface area contributed by atoms with Crippen LogP contribution in [0.3, 0.4) is 0 Å². The van der Waals surface area contributed by atoms with E-state index in [0.717, 1.165) is 12.0 Å². The number of nitrogens with two attached hydrogens (primary N) is 1. The van der Waals surface area contributed by atoms with Gasteiger partial charge in [0.25, 0.3) is 0 Å². The molecule has 0 saturated carbocycles.